The first-order valence-electron chi connectivity index (χ1n) is 5.38. The summed E-state index contributed by atoms with van der Waals surface area (Å²) in [6.45, 7) is 6.01. The minimum Gasteiger partial charge on any atom is -0.384 e. The van der Waals surface area contributed by atoms with E-state index in [9.17, 15) is 8.42 Å². The lowest BCUT2D eigenvalue weighted by Crippen LogP contribution is -2.26. The van der Waals surface area contributed by atoms with Crippen molar-refractivity contribution in [2.45, 2.75) is 20.3 Å². The highest BCUT2D eigenvalue weighted by Crippen LogP contribution is 1.96. The van der Waals surface area contributed by atoms with E-state index in [1.54, 1.807) is 0 Å². The van der Waals surface area contributed by atoms with Crippen molar-refractivity contribution in [2.75, 3.05) is 38.3 Å². The number of rotatable bonds is 9. The monoisotopic (exact) mass is 237 g/mol. The Bertz CT molecular complexity index is 237. The van der Waals surface area contributed by atoms with Crippen LogP contribution in [-0.2, 0) is 14.6 Å². The molecule has 0 bridgehead atoms. The Balaban J connectivity index is 3.49. The maximum Gasteiger partial charge on any atom is 0.153 e. The van der Waals surface area contributed by atoms with Crippen molar-refractivity contribution in [3.8, 4) is 0 Å². The topological polar surface area (TPSA) is 55.4 Å². The van der Waals surface area contributed by atoms with Crippen LogP contribution in [0.1, 0.15) is 20.3 Å². The van der Waals surface area contributed by atoms with Gasteiger partial charge in [-0.1, -0.05) is 13.8 Å². The zero-order valence-electron chi connectivity index (χ0n) is 9.95. The molecule has 15 heavy (non-hydrogen) atoms. The minimum absolute atomic E-state index is 0.120. The molecule has 4 nitrogen and oxygen atoms in total. The van der Waals surface area contributed by atoms with Crippen LogP contribution in [0, 0.1) is 5.92 Å². The second kappa shape index (κ2) is 8.07. The van der Waals surface area contributed by atoms with E-state index in [0.29, 0.717) is 12.5 Å². The molecule has 0 aromatic heterocycles. The molecule has 0 amide bonds. The molecular weight excluding hydrogens is 214 g/mol. The summed E-state index contributed by atoms with van der Waals surface area (Å²) in [5.41, 5.74) is 0. The van der Waals surface area contributed by atoms with Gasteiger partial charge < -0.3 is 10.1 Å². The maximum atomic E-state index is 11.4. The van der Waals surface area contributed by atoms with E-state index in [4.69, 9.17) is 4.74 Å². The summed E-state index contributed by atoms with van der Waals surface area (Å²) in [5, 5.41) is 3.13. The number of ether oxygens (including phenoxy) is 1. The van der Waals surface area contributed by atoms with Crippen molar-refractivity contribution < 1.29 is 13.2 Å². The molecule has 0 spiro atoms. The fraction of sp³-hybridized carbons (Fsp3) is 1.00. The molecule has 0 aliphatic heterocycles. The van der Waals surface area contributed by atoms with Crippen molar-refractivity contribution in [3.05, 3.63) is 0 Å². The number of methoxy groups -OCH3 is 1. The molecule has 0 fully saturated rings. The highest BCUT2D eigenvalue weighted by molar-refractivity contribution is 7.91. The number of nitrogens with one attached hydrogen (secondary N) is 1. The molecule has 5 heteroatoms. The van der Waals surface area contributed by atoms with Gasteiger partial charge in [0.05, 0.1) is 18.1 Å². The lowest BCUT2D eigenvalue weighted by Gasteiger charge is -2.07. The van der Waals surface area contributed by atoms with Crippen LogP contribution in [0.25, 0.3) is 0 Å². The summed E-state index contributed by atoms with van der Waals surface area (Å²) in [6.07, 6.45) is 1.08. The standard InChI is InChI=1S/C10H23NO3S/c1-10(2)4-5-11-6-8-15(12,13)9-7-14-3/h10-11H,4-9H2,1-3H3. The van der Waals surface area contributed by atoms with Gasteiger partial charge in [0, 0.05) is 13.7 Å². The summed E-state index contributed by atoms with van der Waals surface area (Å²) in [4.78, 5) is 0. The lowest BCUT2D eigenvalue weighted by molar-refractivity contribution is 0.217. The Labute approximate surface area is 93.3 Å². The van der Waals surface area contributed by atoms with Gasteiger partial charge in [-0.3, -0.25) is 0 Å². The molecule has 0 rings (SSSR count). The molecule has 0 saturated heterocycles. The van der Waals surface area contributed by atoms with Gasteiger partial charge in [-0.05, 0) is 18.9 Å². The number of hydrogen-bond donors (Lipinski definition) is 1. The van der Waals surface area contributed by atoms with Gasteiger partial charge in [-0.2, -0.15) is 0 Å². The molecule has 0 atom stereocenters. The van der Waals surface area contributed by atoms with Crippen LogP contribution in [0.5, 0.6) is 0 Å². The van der Waals surface area contributed by atoms with Crippen LogP contribution in [0.4, 0.5) is 0 Å². The van der Waals surface area contributed by atoms with E-state index in [0.717, 1.165) is 13.0 Å². The molecular formula is C10H23NO3S. The average Bonchev–Trinajstić information content (AvgIpc) is 2.14. The van der Waals surface area contributed by atoms with Crippen LogP contribution in [-0.4, -0.2) is 46.7 Å². The zero-order valence-corrected chi connectivity index (χ0v) is 10.8. The van der Waals surface area contributed by atoms with E-state index >= 15 is 0 Å². The van der Waals surface area contributed by atoms with Crippen molar-refractivity contribution in [1.29, 1.82) is 0 Å². The fourth-order valence-corrected chi connectivity index (χ4v) is 2.14. The summed E-state index contributed by atoms with van der Waals surface area (Å²) < 4.78 is 27.5. The third-order valence-electron chi connectivity index (χ3n) is 2.09. The quantitative estimate of drug-likeness (QED) is 0.599. The van der Waals surface area contributed by atoms with Crippen LogP contribution in [0.2, 0.25) is 0 Å². The Hall–Kier alpha value is -0.130. The summed E-state index contributed by atoms with van der Waals surface area (Å²) >= 11 is 0. The first kappa shape index (κ1) is 14.9. The van der Waals surface area contributed by atoms with Gasteiger partial charge in [-0.25, -0.2) is 8.42 Å². The van der Waals surface area contributed by atoms with Gasteiger partial charge in [0.1, 0.15) is 0 Å². The SMILES string of the molecule is COCCS(=O)(=O)CCNCCC(C)C. The Morgan fingerprint density at radius 1 is 1.20 bits per heavy atom. The van der Waals surface area contributed by atoms with E-state index < -0.39 is 9.84 Å². The van der Waals surface area contributed by atoms with Crippen molar-refractivity contribution in [1.82, 2.24) is 5.32 Å². The fourth-order valence-electron chi connectivity index (χ4n) is 1.06. The highest BCUT2D eigenvalue weighted by atomic mass is 32.2. The Morgan fingerprint density at radius 2 is 1.87 bits per heavy atom. The van der Waals surface area contributed by atoms with Gasteiger partial charge >= 0.3 is 0 Å². The Kier molecular flexibility index (Phi) is 8.00. The van der Waals surface area contributed by atoms with Gasteiger partial charge in [0.2, 0.25) is 0 Å². The molecule has 0 aromatic rings. The predicted molar refractivity (Wildman–Crippen MR) is 62.9 cm³/mol. The maximum absolute atomic E-state index is 11.4. The van der Waals surface area contributed by atoms with Crippen molar-refractivity contribution in [3.63, 3.8) is 0 Å². The molecule has 0 aliphatic rings. The second-order valence-electron chi connectivity index (χ2n) is 4.08. The molecule has 0 heterocycles. The van der Waals surface area contributed by atoms with Crippen LogP contribution < -0.4 is 5.32 Å². The van der Waals surface area contributed by atoms with Gasteiger partial charge in [0.25, 0.3) is 0 Å². The summed E-state index contributed by atoms with van der Waals surface area (Å²) in [7, 11) is -1.42. The average molecular weight is 237 g/mol. The van der Waals surface area contributed by atoms with E-state index in [-0.39, 0.29) is 18.1 Å². The molecule has 1 N–H and O–H groups in total. The number of sulfone groups is 1. The largest absolute Gasteiger partial charge is 0.384 e. The number of hydrogen-bond acceptors (Lipinski definition) is 4. The molecule has 0 aromatic carbocycles. The molecule has 0 saturated carbocycles. The smallest absolute Gasteiger partial charge is 0.153 e. The summed E-state index contributed by atoms with van der Waals surface area (Å²) in [6, 6.07) is 0. The first-order chi connectivity index (χ1) is 6.98. The highest BCUT2D eigenvalue weighted by Gasteiger charge is 2.09. The predicted octanol–water partition coefficient (Wildman–Crippen LogP) is 0.683. The van der Waals surface area contributed by atoms with E-state index in [1.165, 1.54) is 7.11 Å². The molecule has 92 valence electrons. The van der Waals surface area contributed by atoms with Gasteiger partial charge in [0.15, 0.2) is 9.84 Å². The zero-order chi connectivity index (χ0) is 11.7. The van der Waals surface area contributed by atoms with E-state index in [1.807, 2.05) is 0 Å². The normalized spacial score (nSPS) is 12.3. The molecule has 0 radical (unpaired) electrons. The van der Waals surface area contributed by atoms with Crippen molar-refractivity contribution >= 4 is 9.84 Å². The van der Waals surface area contributed by atoms with Crippen LogP contribution in [0.15, 0.2) is 0 Å². The van der Waals surface area contributed by atoms with E-state index in [2.05, 4.69) is 19.2 Å². The molecule has 0 aliphatic carbocycles. The minimum atomic E-state index is -2.93. The van der Waals surface area contributed by atoms with Gasteiger partial charge in [-0.15, -0.1) is 0 Å². The third kappa shape index (κ3) is 10.2. The molecule has 0 unspecified atom stereocenters. The van der Waals surface area contributed by atoms with Crippen LogP contribution >= 0.6 is 0 Å². The first-order valence-corrected chi connectivity index (χ1v) is 7.20. The van der Waals surface area contributed by atoms with Crippen LogP contribution in [0.3, 0.4) is 0 Å². The second-order valence-corrected chi connectivity index (χ2v) is 6.38. The Morgan fingerprint density at radius 3 is 2.40 bits per heavy atom. The van der Waals surface area contributed by atoms with Crippen molar-refractivity contribution in [2.24, 2.45) is 5.92 Å². The third-order valence-corrected chi connectivity index (χ3v) is 3.70. The lowest BCUT2D eigenvalue weighted by atomic mass is 10.1. The summed E-state index contributed by atoms with van der Waals surface area (Å²) in [5.74, 6) is 0.978.